The Kier molecular flexibility index (Phi) is 3.62. The molecule has 1 aromatic carbocycles. The van der Waals surface area contributed by atoms with Crippen molar-refractivity contribution in [3.63, 3.8) is 0 Å². The number of amides is 2. The monoisotopic (exact) mass is 248 g/mol. The van der Waals surface area contributed by atoms with E-state index in [4.69, 9.17) is 4.74 Å². The number of carbonyl (C=O) groups is 2. The Hall–Kier alpha value is -1.88. The smallest absolute Gasteiger partial charge is 0.249 e. The van der Waals surface area contributed by atoms with Gasteiger partial charge >= 0.3 is 0 Å². The summed E-state index contributed by atoms with van der Waals surface area (Å²) in [5.41, 5.74) is 2.82. The molecule has 0 spiro atoms. The van der Waals surface area contributed by atoms with Gasteiger partial charge in [0.15, 0.2) is 0 Å². The van der Waals surface area contributed by atoms with Gasteiger partial charge in [-0.15, -0.1) is 0 Å². The maximum absolute atomic E-state index is 12.0. The maximum atomic E-state index is 12.0. The molecule has 0 aliphatic carbocycles. The van der Waals surface area contributed by atoms with Crippen molar-refractivity contribution in [2.75, 3.05) is 18.5 Å². The van der Waals surface area contributed by atoms with Crippen molar-refractivity contribution in [1.29, 1.82) is 0 Å². The average molecular weight is 248 g/mol. The third kappa shape index (κ3) is 2.87. The zero-order valence-corrected chi connectivity index (χ0v) is 10.4. The van der Waals surface area contributed by atoms with Crippen LogP contribution in [0.2, 0.25) is 0 Å². The molecule has 5 nitrogen and oxygen atoms in total. The fraction of sp³-hybridized carbons (Fsp3) is 0.385. The van der Waals surface area contributed by atoms with Crippen LogP contribution in [0.5, 0.6) is 0 Å². The van der Waals surface area contributed by atoms with Crippen LogP contribution in [0.1, 0.15) is 11.1 Å². The van der Waals surface area contributed by atoms with E-state index in [0.717, 1.165) is 16.8 Å². The minimum Gasteiger partial charge on any atom is -0.369 e. The summed E-state index contributed by atoms with van der Waals surface area (Å²) >= 11 is 0. The molecule has 18 heavy (non-hydrogen) atoms. The molecule has 1 atom stereocenters. The molecule has 5 heteroatoms. The molecule has 1 aliphatic heterocycles. The molecular weight excluding hydrogens is 232 g/mol. The minimum atomic E-state index is -0.619. The molecule has 0 aromatic heterocycles. The Bertz CT molecular complexity index is 485. The summed E-state index contributed by atoms with van der Waals surface area (Å²) in [4.78, 5) is 23.1. The van der Waals surface area contributed by atoms with Crippen molar-refractivity contribution in [2.24, 2.45) is 0 Å². The normalized spacial score (nSPS) is 19.2. The van der Waals surface area contributed by atoms with Gasteiger partial charge in [0, 0.05) is 5.69 Å². The van der Waals surface area contributed by atoms with E-state index in [2.05, 4.69) is 10.6 Å². The molecule has 0 saturated carbocycles. The lowest BCUT2D eigenvalue weighted by Gasteiger charge is -2.23. The highest BCUT2D eigenvalue weighted by atomic mass is 16.5. The molecule has 1 fully saturated rings. The highest BCUT2D eigenvalue weighted by Crippen LogP contribution is 2.16. The molecule has 1 saturated heterocycles. The summed E-state index contributed by atoms with van der Waals surface area (Å²) in [6, 6.07) is 5.21. The number of anilines is 1. The second kappa shape index (κ2) is 5.18. The predicted molar refractivity (Wildman–Crippen MR) is 67.3 cm³/mol. The van der Waals surface area contributed by atoms with Crippen LogP contribution in [0.3, 0.4) is 0 Å². The minimum absolute atomic E-state index is 0.0211. The lowest BCUT2D eigenvalue weighted by atomic mass is 10.1. The Morgan fingerprint density at radius 2 is 2.22 bits per heavy atom. The maximum Gasteiger partial charge on any atom is 0.249 e. The molecule has 1 unspecified atom stereocenters. The molecular formula is C13H16N2O3. The van der Waals surface area contributed by atoms with E-state index in [1.807, 2.05) is 32.0 Å². The molecule has 96 valence electrons. The fourth-order valence-corrected chi connectivity index (χ4v) is 1.78. The number of morpholine rings is 1. The van der Waals surface area contributed by atoms with E-state index >= 15 is 0 Å². The van der Waals surface area contributed by atoms with Crippen LogP contribution in [0.15, 0.2) is 18.2 Å². The predicted octanol–water partition coefficient (Wildman–Crippen LogP) is 0.757. The van der Waals surface area contributed by atoms with Crippen molar-refractivity contribution in [3.8, 4) is 0 Å². The van der Waals surface area contributed by atoms with E-state index in [1.165, 1.54) is 0 Å². The molecule has 2 rings (SSSR count). The molecule has 0 radical (unpaired) electrons. The molecule has 2 amide bonds. The van der Waals surface area contributed by atoms with Crippen molar-refractivity contribution in [2.45, 2.75) is 19.9 Å². The van der Waals surface area contributed by atoms with Crippen molar-refractivity contribution in [1.82, 2.24) is 5.32 Å². The third-order valence-electron chi connectivity index (χ3n) is 2.82. The SMILES string of the molecule is Cc1ccc(C)c(NC(=O)C2COCC(=O)N2)c1. The lowest BCUT2D eigenvalue weighted by Crippen LogP contribution is -2.52. The van der Waals surface area contributed by atoms with Gasteiger partial charge in [0.1, 0.15) is 12.6 Å². The average Bonchev–Trinajstić information content (AvgIpc) is 2.34. The number of ether oxygens (including phenoxy) is 1. The molecule has 0 bridgehead atoms. The lowest BCUT2D eigenvalue weighted by molar-refractivity contribution is -0.136. The van der Waals surface area contributed by atoms with E-state index in [0.29, 0.717) is 0 Å². The van der Waals surface area contributed by atoms with Crippen molar-refractivity contribution >= 4 is 17.5 Å². The summed E-state index contributed by atoms with van der Waals surface area (Å²) < 4.78 is 5.03. The van der Waals surface area contributed by atoms with Crippen LogP contribution in [0, 0.1) is 13.8 Å². The Morgan fingerprint density at radius 3 is 2.94 bits per heavy atom. The van der Waals surface area contributed by atoms with E-state index in [-0.39, 0.29) is 25.0 Å². The first-order valence-corrected chi connectivity index (χ1v) is 5.81. The second-order valence-electron chi connectivity index (χ2n) is 4.44. The van der Waals surface area contributed by atoms with Gasteiger partial charge in [-0.05, 0) is 31.0 Å². The van der Waals surface area contributed by atoms with Gasteiger partial charge in [-0.25, -0.2) is 0 Å². The quantitative estimate of drug-likeness (QED) is 0.812. The summed E-state index contributed by atoms with van der Waals surface area (Å²) in [5.74, 6) is -0.515. The van der Waals surface area contributed by atoms with Gasteiger partial charge in [-0.1, -0.05) is 12.1 Å². The standard InChI is InChI=1S/C13H16N2O3/c1-8-3-4-9(2)10(5-8)15-13(17)11-6-18-7-12(16)14-11/h3-5,11H,6-7H2,1-2H3,(H,14,16)(H,15,17). The van der Waals surface area contributed by atoms with E-state index in [1.54, 1.807) is 0 Å². The summed E-state index contributed by atoms with van der Waals surface area (Å²) in [6.07, 6.45) is 0. The highest BCUT2D eigenvalue weighted by molar-refractivity contribution is 5.98. The van der Waals surface area contributed by atoms with Crippen LogP contribution >= 0.6 is 0 Å². The van der Waals surface area contributed by atoms with Crippen molar-refractivity contribution in [3.05, 3.63) is 29.3 Å². The van der Waals surface area contributed by atoms with Gasteiger partial charge in [-0.3, -0.25) is 9.59 Å². The zero-order chi connectivity index (χ0) is 13.1. The van der Waals surface area contributed by atoms with E-state index in [9.17, 15) is 9.59 Å². The van der Waals surface area contributed by atoms with Gasteiger partial charge in [0.05, 0.1) is 6.61 Å². The summed E-state index contributed by atoms with van der Waals surface area (Å²) in [7, 11) is 0. The van der Waals surface area contributed by atoms with Crippen LogP contribution in [0.4, 0.5) is 5.69 Å². The van der Waals surface area contributed by atoms with Crippen molar-refractivity contribution < 1.29 is 14.3 Å². The Morgan fingerprint density at radius 1 is 1.44 bits per heavy atom. The van der Waals surface area contributed by atoms with Crippen LogP contribution in [0.25, 0.3) is 0 Å². The third-order valence-corrected chi connectivity index (χ3v) is 2.82. The second-order valence-corrected chi connectivity index (χ2v) is 4.44. The fourth-order valence-electron chi connectivity index (χ4n) is 1.78. The van der Waals surface area contributed by atoms with Gasteiger partial charge in [0.2, 0.25) is 11.8 Å². The van der Waals surface area contributed by atoms with Crippen LogP contribution in [-0.4, -0.2) is 31.1 Å². The Labute approximate surface area is 106 Å². The largest absolute Gasteiger partial charge is 0.369 e. The Balaban J connectivity index is 2.06. The topological polar surface area (TPSA) is 67.4 Å². The number of carbonyl (C=O) groups excluding carboxylic acids is 2. The van der Waals surface area contributed by atoms with Gasteiger partial charge in [-0.2, -0.15) is 0 Å². The number of hydrogen-bond acceptors (Lipinski definition) is 3. The molecule has 2 N–H and O–H groups in total. The highest BCUT2D eigenvalue weighted by Gasteiger charge is 2.25. The first-order chi connectivity index (χ1) is 8.56. The van der Waals surface area contributed by atoms with E-state index < -0.39 is 6.04 Å². The zero-order valence-electron chi connectivity index (χ0n) is 10.4. The summed E-state index contributed by atoms with van der Waals surface area (Å²) in [6.45, 7) is 4.11. The number of rotatable bonds is 2. The van der Waals surface area contributed by atoms with Crippen LogP contribution in [-0.2, 0) is 14.3 Å². The van der Waals surface area contributed by atoms with Crippen LogP contribution < -0.4 is 10.6 Å². The first kappa shape index (κ1) is 12.6. The molecule has 1 aliphatic rings. The van der Waals surface area contributed by atoms with Gasteiger partial charge in [0.25, 0.3) is 0 Å². The number of benzene rings is 1. The number of aryl methyl sites for hydroxylation is 2. The molecule has 1 heterocycles. The number of nitrogens with one attached hydrogen (secondary N) is 2. The van der Waals surface area contributed by atoms with Gasteiger partial charge < -0.3 is 15.4 Å². The number of hydrogen-bond donors (Lipinski definition) is 2. The molecule has 1 aromatic rings. The summed E-state index contributed by atoms with van der Waals surface area (Å²) in [5, 5.41) is 5.40. The first-order valence-electron chi connectivity index (χ1n) is 5.81.